The molecule has 0 unspecified atom stereocenters. The van der Waals surface area contributed by atoms with Gasteiger partial charge < -0.3 is 56.5 Å². The van der Waals surface area contributed by atoms with Gasteiger partial charge in [0.15, 0.2) is 29.5 Å². The van der Waals surface area contributed by atoms with Crippen LogP contribution in [0.15, 0.2) is 254 Å². The van der Waals surface area contributed by atoms with Crippen LogP contribution in [0.25, 0.3) is 67.1 Å². The second-order valence-corrected chi connectivity index (χ2v) is 39.1. The number of benzene rings is 8. The quantitative estimate of drug-likeness (QED) is 0.0446. The number of anilines is 1. The van der Waals surface area contributed by atoms with Crippen LogP contribution >= 0.6 is 0 Å². The molecule has 0 aliphatic rings. The number of para-hydroxylation sites is 4. The molecule has 5 N–H and O–H groups in total. The molecule has 8 aromatic carbocycles. The molecule has 0 radical (unpaired) electrons. The maximum Gasteiger partial charge on any atom is 0.272 e. The summed E-state index contributed by atoms with van der Waals surface area (Å²) >= 11 is 0. The SMILES string of the molecule is CCS(=O)(=O)Cc1ccc(Oc2c(C)cccc2C)c(-c2cc(C)c3c(=O)[nH]ccn23)c1.CCS(=O)(=O)c1ccc(Oc2c(C)cccc2C)c(-c2cc(C)c3c(=O)[nH]ccn23)c1.CCS(=O)(=O)c1ccc(Oc2ccccc2C)c(-c2cc(C)c3c(=O)[nH]ccn23)c1.Cc1cccc(C)c1Oc1ccc(NS(C)(=O)=O)cc1-c1cc(C)c2c(=O)[nH]ccn12. The molecule has 0 atom stereocenters. The molecule has 16 aromatic rings. The maximum absolute atomic E-state index is 12.6. The van der Waals surface area contributed by atoms with Crippen LogP contribution in [-0.4, -0.2) is 94.7 Å². The number of H-pyrrole nitrogens is 4. The van der Waals surface area contributed by atoms with E-state index >= 15 is 0 Å². The smallest absolute Gasteiger partial charge is 0.272 e. The molecule has 16 rings (SSSR count). The van der Waals surface area contributed by atoms with Crippen molar-refractivity contribution in [2.45, 2.75) is 112 Å². The van der Waals surface area contributed by atoms with Crippen molar-refractivity contribution >= 4 is 67.3 Å². The van der Waals surface area contributed by atoms with Crippen molar-refractivity contribution in [3.05, 3.63) is 334 Å². The molecule has 0 fully saturated rings. The molecule has 0 aliphatic heterocycles. The van der Waals surface area contributed by atoms with Crippen molar-refractivity contribution in [1.29, 1.82) is 0 Å². The number of nitrogens with zero attached hydrogens (tertiary/aromatic N) is 4. The Hall–Kier alpha value is -13.5. The van der Waals surface area contributed by atoms with Crippen molar-refractivity contribution < 1.29 is 52.6 Å². The maximum atomic E-state index is 12.6. The van der Waals surface area contributed by atoms with Crippen LogP contribution in [-0.2, 0) is 45.3 Å². The fourth-order valence-corrected chi connectivity index (χ4v) is 18.2. The van der Waals surface area contributed by atoms with E-state index in [9.17, 15) is 52.8 Å². The van der Waals surface area contributed by atoms with Crippen molar-refractivity contribution in [2.75, 3.05) is 28.2 Å². The standard InChI is InChI=1S/C25H26N2O4S.C24H24N2O4S.C23H23N3O4S.C23H22N2O4S/c1-5-32(29,30)15-19-9-10-22(31-24-16(2)7-6-8-17(24)3)20(14-19)21-13-18(4)23-25(28)26-11-12-27(21)23;1-5-31(28,29)18-9-10-21(30-23-15(2)7-6-8-16(23)3)19(14-18)20-13-17(4)22-24(27)25-11-12-26(20)22;1-14-6-5-7-15(2)22(14)30-20-9-8-17(25-31(4,28)29)13-18(20)19-12-16(3)21-23(27)24-10-11-26(19)21;1-4-30(27,28)17-9-10-21(29-20-8-6-5-7-15(20)2)18(14-17)19-13-16(3)22-23(26)24-11-12-25(19)22/h6-14H,5,15H2,1-4H3,(H,26,28);6-14H,5H2,1-4H3,(H,25,27);5-13,25H,1-4H3,(H,24,27);5-14H,4H2,1-3H3,(H,24,26). The number of ether oxygens (including phenoxy) is 4. The highest BCUT2D eigenvalue weighted by molar-refractivity contribution is 7.92. The Kier molecular flexibility index (Phi) is 25.6. The van der Waals surface area contributed by atoms with Gasteiger partial charge in [-0.1, -0.05) is 99.6 Å². The molecular formula is C95H95N9O16S4. The van der Waals surface area contributed by atoms with Gasteiger partial charge in [0.05, 0.1) is 56.1 Å². The third kappa shape index (κ3) is 18.8. The van der Waals surface area contributed by atoms with Crippen LogP contribution in [0.5, 0.6) is 46.0 Å². The molecule has 8 aromatic heterocycles. The van der Waals surface area contributed by atoms with Gasteiger partial charge in [-0.2, -0.15) is 0 Å². The molecule has 0 spiro atoms. The molecule has 0 saturated heterocycles. The predicted octanol–water partition coefficient (Wildman–Crippen LogP) is 18.6. The second-order valence-electron chi connectivity index (χ2n) is 30.4. The molecule has 0 aliphatic carbocycles. The van der Waals surface area contributed by atoms with Gasteiger partial charge in [0.1, 0.15) is 68.1 Å². The average Bonchev–Trinajstić information content (AvgIpc) is 1.61. The molecule has 29 heteroatoms. The van der Waals surface area contributed by atoms with Crippen LogP contribution in [0.3, 0.4) is 0 Å². The Bertz CT molecular complexity index is 7560. The molecule has 0 bridgehead atoms. The zero-order valence-electron chi connectivity index (χ0n) is 71.1. The highest BCUT2D eigenvalue weighted by atomic mass is 32.2. The Morgan fingerprint density at radius 3 is 0.952 bits per heavy atom. The summed E-state index contributed by atoms with van der Waals surface area (Å²) in [5, 5.41) is 0. The summed E-state index contributed by atoms with van der Waals surface area (Å²) < 4.78 is 133. The number of aryl methyl sites for hydroxylation is 11. The largest absolute Gasteiger partial charge is 0.456 e. The van der Waals surface area contributed by atoms with E-state index in [0.29, 0.717) is 90.1 Å². The number of nitrogens with one attached hydrogen (secondary N) is 5. The van der Waals surface area contributed by atoms with Crippen LogP contribution < -0.4 is 45.9 Å². The van der Waals surface area contributed by atoms with E-state index in [1.165, 1.54) is 0 Å². The number of hydrogen-bond acceptors (Lipinski definition) is 16. The van der Waals surface area contributed by atoms with Crippen LogP contribution in [0, 0.1) is 76.2 Å². The van der Waals surface area contributed by atoms with Gasteiger partial charge in [-0.15, -0.1) is 0 Å². The lowest BCUT2D eigenvalue weighted by Gasteiger charge is -2.16. The lowest BCUT2D eigenvalue weighted by molar-refractivity contribution is 0.476. The first-order valence-corrected chi connectivity index (χ1v) is 46.8. The minimum atomic E-state index is -3.46. The molecule has 640 valence electrons. The summed E-state index contributed by atoms with van der Waals surface area (Å²) in [5.41, 5.74) is 17.9. The Morgan fingerprint density at radius 2 is 0.621 bits per heavy atom. The number of aromatic nitrogens is 8. The highest BCUT2D eigenvalue weighted by Gasteiger charge is 2.26. The molecule has 8 heterocycles. The third-order valence-corrected chi connectivity index (χ3v) is 27.1. The Balaban J connectivity index is 0.000000142. The lowest BCUT2D eigenvalue weighted by Crippen LogP contribution is -2.10. The fraction of sp³-hybridized carbons (Fsp3) is 0.200. The van der Waals surface area contributed by atoms with E-state index in [-0.39, 0.29) is 55.0 Å². The zero-order chi connectivity index (χ0) is 89.2. The first kappa shape index (κ1) is 88.3. The summed E-state index contributed by atoms with van der Waals surface area (Å²) in [5.74, 6) is 5.11. The van der Waals surface area contributed by atoms with E-state index in [2.05, 4.69) is 24.7 Å². The second kappa shape index (κ2) is 35.9. The molecular weight excluding hydrogens is 1650 g/mol. The van der Waals surface area contributed by atoms with Crippen molar-refractivity contribution in [3.63, 3.8) is 0 Å². The number of rotatable bonds is 21. The third-order valence-electron chi connectivity index (χ3n) is 21.3. The number of sulfonamides is 1. The van der Waals surface area contributed by atoms with Gasteiger partial charge in [-0.25, -0.2) is 33.7 Å². The fourth-order valence-electron chi connectivity index (χ4n) is 15.0. The van der Waals surface area contributed by atoms with Gasteiger partial charge in [-0.3, -0.25) is 23.9 Å². The summed E-state index contributed by atoms with van der Waals surface area (Å²) in [7, 11) is -13.5. The predicted molar refractivity (Wildman–Crippen MR) is 489 cm³/mol. The number of aromatic amines is 4. The highest BCUT2D eigenvalue weighted by Crippen LogP contribution is 2.44. The van der Waals surface area contributed by atoms with Crippen molar-refractivity contribution in [3.8, 4) is 91.0 Å². The van der Waals surface area contributed by atoms with E-state index in [4.69, 9.17) is 18.9 Å². The zero-order valence-corrected chi connectivity index (χ0v) is 74.4. The van der Waals surface area contributed by atoms with Gasteiger partial charge in [0, 0.05) is 83.3 Å². The van der Waals surface area contributed by atoms with E-state index in [1.54, 1.807) is 144 Å². The number of fused-ring (bicyclic) bond motifs is 4. The van der Waals surface area contributed by atoms with E-state index in [0.717, 1.165) is 102 Å². The van der Waals surface area contributed by atoms with Crippen LogP contribution in [0.2, 0.25) is 0 Å². The van der Waals surface area contributed by atoms with Crippen molar-refractivity contribution in [1.82, 2.24) is 37.5 Å². The Morgan fingerprint density at radius 1 is 0.315 bits per heavy atom. The average molecular weight is 1750 g/mol. The number of hydrogen-bond donors (Lipinski definition) is 5. The summed E-state index contributed by atoms with van der Waals surface area (Å²) in [6.07, 6.45) is 14.4. The van der Waals surface area contributed by atoms with Crippen molar-refractivity contribution in [2.24, 2.45) is 0 Å². The Labute approximate surface area is 718 Å². The minimum Gasteiger partial charge on any atom is -0.456 e. The van der Waals surface area contributed by atoms with Gasteiger partial charge >= 0.3 is 0 Å². The minimum absolute atomic E-state index is 0.00195. The van der Waals surface area contributed by atoms with Crippen LogP contribution in [0.1, 0.15) is 87.5 Å². The van der Waals surface area contributed by atoms with Gasteiger partial charge in [0.2, 0.25) is 10.0 Å². The molecule has 25 nitrogen and oxygen atoms in total. The number of sulfone groups is 3. The molecule has 0 saturated carbocycles. The molecule has 0 amide bonds. The van der Waals surface area contributed by atoms with E-state index in [1.807, 2.05) is 196 Å². The topological polar surface area (TPSA) is 335 Å². The summed E-state index contributed by atoms with van der Waals surface area (Å²) in [6.45, 7) is 26.1. The monoisotopic (exact) mass is 1750 g/mol. The first-order chi connectivity index (χ1) is 58.9. The first-order valence-electron chi connectivity index (χ1n) is 39.8. The summed E-state index contributed by atoms with van der Waals surface area (Å²) in [6, 6.07) is 53.2. The molecule has 124 heavy (non-hydrogen) atoms. The summed E-state index contributed by atoms with van der Waals surface area (Å²) in [4.78, 5) is 60.7. The van der Waals surface area contributed by atoms with Crippen LogP contribution in [0.4, 0.5) is 5.69 Å². The van der Waals surface area contributed by atoms with E-state index < -0.39 is 39.5 Å². The normalized spacial score (nSPS) is 11.7. The lowest BCUT2D eigenvalue weighted by atomic mass is 10.1. The van der Waals surface area contributed by atoms with Gasteiger partial charge in [-0.05, 0) is 240 Å². The van der Waals surface area contributed by atoms with Gasteiger partial charge in [0.25, 0.3) is 22.2 Å².